The molecule has 0 bridgehead atoms. The molecule has 1 fully saturated rings. The number of halogens is 2. The average molecular weight is 347 g/mol. The average Bonchev–Trinajstić information content (AvgIpc) is 2.86. The molecule has 0 spiro atoms. The number of aromatic nitrogens is 2. The molecule has 1 N–H and O–H groups in total. The number of hydrogen-bond donors (Lipinski definition) is 1. The first-order chi connectivity index (χ1) is 10.3. The minimum absolute atomic E-state index is 0.0413. The van der Waals surface area contributed by atoms with Crippen molar-refractivity contribution >= 4 is 35.1 Å². The van der Waals surface area contributed by atoms with Crippen LogP contribution >= 0.6 is 23.2 Å². The van der Waals surface area contributed by atoms with E-state index in [0.29, 0.717) is 23.9 Å². The zero-order chi connectivity index (χ0) is 16.3. The lowest BCUT2D eigenvalue weighted by molar-refractivity contribution is 0.0235. The first kappa shape index (κ1) is 17.1. The summed E-state index contributed by atoms with van der Waals surface area (Å²) in [6.07, 6.45) is 3.01. The SMILES string of the molecule is CC(C)(C)OC(=O)N1CCCC1CNc1nc(Cl)ncc1Cl. The second kappa shape index (κ2) is 6.87. The van der Waals surface area contributed by atoms with Crippen LogP contribution in [0.25, 0.3) is 0 Å². The van der Waals surface area contributed by atoms with E-state index in [0.717, 1.165) is 12.8 Å². The van der Waals surface area contributed by atoms with Crippen LogP contribution in [0.3, 0.4) is 0 Å². The van der Waals surface area contributed by atoms with Gasteiger partial charge in [-0.3, -0.25) is 0 Å². The molecule has 122 valence electrons. The molecule has 1 aromatic rings. The fourth-order valence-corrected chi connectivity index (χ4v) is 2.58. The summed E-state index contributed by atoms with van der Waals surface area (Å²) in [4.78, 5) is 21.8. The van der Waals surface area contributed by atoms with Gasteiger partial charge in [0.05, 0.1) is 12.2 Å². The monoisotopic (exact) mass is 346 g/mol. The van der Waals surface area contributed by atoms with Crippen LogP contribution in [-0.4, -0.2) is 45.7 Å². The molecule has 1 aliphatic rings. The third-order valence-corrected chi connectivity index (χ3v) is 3.68. The van der Waals surface area contributed by atoms with E-state index in [9.17, 15) is 4.79 Å². The number of anilines is 1. The highest BCUT2D eigenvalue weighted by atomic mass is 35.5. The molecule has 1 saturated heterocycles. The Balaban J connectivity index is 1.97. The maximum absolute atomic E-state index is 12.2. The van der Waals surface area contributed by atoms with Crippen molar-refractivity contribution in [3.8, 4) is 0 Å². The maximum atomic E-state index is 12.2. The molecule has 1 unspecified atom stereocenters. The number of nitrogens with zero attached hydrogens (tertiary/aromatic N) is 3. The van der Waals surface area contributed by atoms with Crippen molar-refractivity contribution in [2.24, 2.45) is 0 Å². The van der Waals surface area contributed by atoms with E-state index >= 15 is 0 Å². The van der Waals surface area contributed by atoms with Gasteiger partial charge in [0.2, 0.25) is 5.28 Å². The van der Waals surface area contributed by atoms with Gasteiger partial charge in [-0.25, -0.2) is 9.78 Å². The van der Waals surface area contributed by atoms with Crippen molar-refractivity contribution in [3.63, 3.8) is 0 Å². The Kier molecular flexibility index (Phi) is 5.34. The molecular weight excluding hydrogens is 327 g/mol. The zero-order valence-corrected chi connectivity index (χ0v) is 14.4. The number of amides is 1. The van der Waals surface area contributed by atoms with Crippen molar-refractivity contribution in [3.05, 3.63) is 16.5 Å². The molecule has 1 aromatic heterocycles. The predicted octanol–water partition coefficient (Wildman–Crippen LogP) is 3.59. The third kappa shape index (κ3) is 4.61. The van der Waals surface area contributed by atoms with E-state index in [2.05, 4.69) is 15.3 Å². The minimum Gasteiger partial charge on any atom is -0.444 e. The van der Waals surface area contributed by atoms with Gasteiger partial charge in [-0.15, -0.1) is 0 Å². The Morgan fingerprint density at radius 2 is 2.23 bits per heavy atom. The maximum Gasteiger partial charge on any atom is 0.410 e. The molecule has 2 rings (SSSR count). The van der Waals surface area contributed by atoms with Crippen molar-refractivity contribution in [1.29, 1.82) is 0 Å². The molecule has 0 saturated carbocycles. The molecule has 1 atom stereocenters. The number of ether oxygens (including phenoxy) is 1. The first-order valence-corrected chi connectivity index (χ1v) is 7.93. The van der Waals surface area contributed by atoms with Crippen molar-refractivity contribution in [2.75, 3.05) is 18.4 Å². The van der Waals surface area contributed by atoms with Crippen LogP contribution in [-0.2, 0) is 4.74 Å². The minimum atomic E-state index is -0.499. The highest BCUT2D eigenvalue weighted by Crippen LogP contribution is 2.23. The highest BCUT2D eigenvalue weighted by molar-refractivity contribution is 6.33. The largest absolute Gasteiger partial charge is 0.444 e. The second-order valence-electron chi connectivity index (χ2n) is 6.19. The van der Waals surface area contributed by atoms with Gasteiger partial charge in [-0.05, 0) is 45.2 Å². The Bertz CT molecular complexity index is 548. The molecule has 22 heavy (non-hydrogen) atoms. The lowest BCUT2D eigenvalue weighted by Gasteiger charge is -2.28. The Morgan fingerprint density at radius 3 is 2.91 bits per heavy atom. The van der Waals surface area contributed by atoms with Crippen LogP contribution in [0.2, 0.25) is 10.3 Å². The fraction of sp³-hybridized carbons (Fsp3) is 0.643. The summed E-state index contributed by atoms with van der Waals surface area (Å²) < 4.78 is 5.43. The van der Waals surface area contributed by atoms with Gasteiger partial charge in [0, 0.05) is 13.1 Å². The molecule has 1 amide bonds. The van der Waals surface area contributed by atoms with Crippen LogP contribution in [0.5, 0.6) is 0 Å². The molecule has 8 heteroatoms. The van der Waals surface area contributed by atoms with Crippen LogP contribution < -0.4 is 5.32 Å². The molecule has 0 radical (unpaired) electrons. The summed E-state index contributed by atoms with van der Waals surface area (Å²) in [6, 6.07) is 0.0413. The number of carbonyl (C=O) groups excluding carboxylic acids is 1. The number of likely N-dealkylation sites (tertiary alicyclic amines) is 1. The summed E-state index contributed by atoms with van der Waals surface area (Å²) in [6.45, 7) is 6.80. The molecule has 0 aliphatic carbocycles. The topological polar surface area (TPSA) is 67.3 Å². The van der Waals surface area contributed by atoms with Gasteiger partial charge in [0.25, 0.3) is 0 Å². The van der Waals surface area contributed by atoms with E-state index in [4.69, 9.17) is 27.9 Å². The molecule has 1 aliphatic heterocycles. The van der Waals surface area contributed by atoms with E-state index < -0.39 is 5.60 Å². The smallest absolute Gasteiger partial charge is 0.410 e. The van der Waals surface area contributed by atoms with Gasteiger partial charge in [0.1, 0.15) is 16.4 Å². The van der Waals surface area contributed by atoms with Crippen LogP contribution in [0.15, 0.2) is 6.20 Å². The van der Waals surface area contributed by atoms with E-state index in [1.165, 1.54) is 6.20 Å². The number of carbonyl (C=O) groups is 1. The highest BCUT2D eigenvalue weighted by Gasteiger charge is 2.32. The van der Waals surface area contributed by atoms with E-state index in [1.54, 1.807) is 4.90 Å². The Hall–Kier alpha value is -1.27. The second-order valence-corrected chi connectivity index (χ2v) is 6.93. The third-order valence-electron chi connectivity index (χ3n) is 3.22. The van der Waals surface area contributed by atoms with Crippen LogP contribution in [0.1, 0.15) is 33.6 Å². The fourth-order valence-electron chi connectivity index (χ4n) is 2.29. The molecule has 6 nitrogen and oxygen atoms in total. The number of nitrogens with one attached hydrogen (secondary N) is 1. The lowest BCUT2D eigenvalue weighted by atomic mass is 10.2. The van der Waals surface area contributed by atoms with Crippen LogP contribution in [0, 0.1) is 0 Å². The Morgan fingerprint density at radius 1 is 1.50 bits per heavy atom. The standard InChI is InChI=1S/C14H20Cl2N4O2/c1-14(2,3)22-13(21)20-6-4-5-9(20)7-17-11-10(15)8-18-12(16)19-11/h8-9H,4-7H2,1-3H3,(H,17,18,19). The summed E-state index contributed by atoms with van der Waals surface area (Å²) in [5, 5.41) is 3.65. The molecule has 0 aromatic carbocycles. The van der Waals surface area contributed by atoms with Gasteiger partial charge in [-0.1, -0.05) is 11.6 Å². The lowest BCUT2D eigenvalue weighted by Crippen LogP contribution is -2.42. The number of rotatable bonds is 3. The van der Waals surface area contributed by atoms with Gasteiger partial charge >= 0.3 is 6.09 Å². The first-order valence-electron chi connectivity index (χ1n) is 7.18. The van der Waals surface area contributed by atoms with Gasteiger partial charge in [-0.2, -0.15) is 4.98 Å². The van der Waals surface area contributed by atoms with Crippen molar-refractivity contribution in [2.45, 2.75) is 45.3 Å². The van der Waals surface area contributed by atoms with Crippen LogP contribution in [0.4, 0.5) is 10.6 Å². The quantitative estimate of drug-likeness (QED) is 0.847. The van der Waals surface area contributed by atoms with E-state index in [-0.39, 0.29) is 17.4 Å². The summed E-state index contributed by atoms with van der Waals surface area (Å²) in [7, 11) is 0. The summed E-state index contributed by atoms with van der Waals surface area (Å²) in [5.74, 6) is 0.470. The zero-order valence-electron chi connectivity index (χ0n) is 12.9. The van der Waals surface area contributed by atoms with Crippen molar-refractivity contribution < 1.29 is 9.53 Å². The Labute approximate surface area is 140 Å². The number of hydrogen-bond acceptors (Lipinski definition) is 5. The predicted molar refractivity (Wildman–Crippen MR) is 86.5 cm³/mol. The summed E-state index contributed by atoms with van der Waals surface area (Å²) >= 11 is 11.8. The summed E-state index contributed by atoms with van der Waals surface area (Å²) in [5.41, 5.74) is -0.499. The van der Waals surface area contributed by atoms with Gasteiger partial charge in [0.15, 0.2) is 0 Å². The molecular formula is C14H20Cl2N4O2. The van der Waals surface area contributed by atoms with Crippen molar-refractivity contribution in [1.82, 2.24) is 14.9 Å². The van der Waals surface area contributed by atoms with E-state index in [1.807, 2.05) is 20.8 Å². The molecule has 2 heterocycles. The van der Waals surface area contributed by atoms with Gasteiger partial charge < -0.3 is 15.0 Å². The normalized spacial score (nSPS) is 18.4.